The molecule has 4 aromatic rings. The molecule has 1 amide bonds. The summed E-state index contributed by atoms with van der Waals surface area (Å²) in [7, 11) is 3.36. The van der Waals surface area contributed by atoms with Crippen LogP contribution < -0.4 is 15.4 Å². The van der Waals surface area contributed by atoms with Crippen molar-refractivity contribution in [2.45, 2.75) is 6.42 Å². The van der Waals surface area contributed by atoms with Crippen molar-refractivity contribution in [3.63, 3.8) is 0 Å². The van der Waals surface area contributed by atoms with Crippen LogP contribution in [0.2, 0.25) is 0 Å². The second-order valence-electron chi connectivity index (χ2n) is 7.48. The van der Waals surface area contributed by atoms with Gasteiger partial charge in [0.2, 0.25) is 11.8 Å². The predicted molar refractivity (Wildman–Crippen MR) is 115 cm³/mol. The van der Waals surface area contributed by atoms with E-state index in [1.54, 1.807) is 50.8 Å². The van der Waals surface area contributed by atoms with E-state index in [-0.39, 0.29) is 17.7 Å². The third-order valence-electron chi connectivity index (χ3n) is 5.54. The molecule has 0 unspecified atom stereocenters. The van der Waals surface area contributed by atoms with Crippen molar-refractivity contribution in [1.29, 1.82) is 0 Å². The zero-order valence-electron chi connectivity index (χ0n) is 17.0. The summed E-state index contributed by atoms with van der Waals surface area (Å²) in [5, 5.41) is 7.36. The van der Waals surface area contributed by atoms with Gasteiger partial charge in [-0.25, -0.2) is 15.0 Å². The number of halogens is 1. The van der Waals surface area contributed by atoms with E-state index < -0.39 is 6.67 Å². The van der Waals surface area contributed by atoms with Crippen molar-refractivity contribution in [1.82, 2.24) is 15.0 Å². The zero-order chi connectivity index (χ0) is 21.5. The Bertz CT molecular complexity index is 1310. The Morgan fingerprint density at radius 1 is 1.26 bits per heavy atom. The molecule has 1 saturated carbocycles. The first-order valence-electron chi connectivity index (χ1n) is 9.89. The Kier molecular flexibility index (Phi) is 4.65. The fraction of sp³-hybridized carbons (Fsp3) is 0.273. The molecule has 31 heavy (non-hydrogen) atoms. The molecular weight excluding hydrogens is 401 g/mol. The lowest BCUT2D eigenvalue weighted by molar-refractivity contribution is -0.117. The third-order valence-corrected chi connectivity index (χ3v) is 5.54. The number of fused-ring (bicyclic) bond motifs is 2. The van der Waals surface area contributed by atoms with Gasteiger partial charge in [0.05, 0.1) is 19.3 Å². The number of carbonyl (C=O) groups is 1. The monoisotopic (exact) mass is 421 g/mol. The summed E-state index contributed by atoms with van der Waals surface area (Å²) < 4.78 is 24.0. The van der Waals surface area contributed by atoms with Gasteiger partial charge in [-0.2, -0.15) is 0 Å². The molecule has 0 radical (unpaired) electrons. The first-order valence-corrected chi connectivity index (χ1v) is 9.89. The minimum Gasteiger partial charge on any atom is -0.497 e. The third kappa shape index (κ3) is 3.41. The molecule has 8 nitrogen and oxygen atoms in total. The first-order chi connectivity index (χ1) is 15.1. The normalized spacial score (nSPS) is 17.6. The second-order valence-corrected chi connectivity index (χ2v) is 7.48. The molecule has 5 rings (SSSR count). The molecule has 0 saturated heterocycles. The number of aromatic nitrogens is 3. The van der Waals surface area contributed by atoms with Gasteiger partial charge in [-0.05, 0) is 30.5 Å². The lowest BCUT2D eigenvalue weighted by Crippen LogP contribution is -2.16. The van der Waals surface area contributed by atoms with Gasteiger partial charge in [-0.15, -0.1) is 0 Å². The highest BCUT2D eigenvalue weighted by atomic mass is 19.1. The van der Waals surface area contributed by atoms with E-state index in [0.717, 1.165) is 10.8 Å². The summed E-state index contributed by atoms with van der Waals surface area (Å²) in [5.41, 5.74) is 1.94. The number of hydrogen-bond acceptors (Lipinski definition) is 7. The Hall–Kier alpha value is -3.75. The van der Waals surface area contributed by atoms with Crippen molar-refractivity contribution in [3.05, 3.63) is 36.7 Å². The number of amides is 1. The number of pyridine rings is 2. The van der Waals surface area contributed by atoms with Crippen molar-refractivity contribution >= 4 is 39.4 Å². The average Bonchev–Trinajstić information content (AvgIpc) is 3.48. The Morgan fingerprint density at radius 3 is 2.87 bits per heavy atom. The van der Waals surface area contributed by atoms with Gasteiger partial charge >= 0.3 is 0 Å². The number of oxazole rings is 1. The largest absolute Gasteiger partial charge is 0.497 e. The quantitative estimate of drug-likeness (QED) is 0.484. The van der Waals surface area contributed by atoms with Gasteiger partial charge < -0.3 is 19.8 Å². The van der Waals surface area contributed by atoms with Crippen molar-refractivity contribution < 1.29 is 18.3 Å². The summed E-state index contributed by atoms with van der Waals surface area (Å²) >= 11 is 0. The van der Waals surface area contributed by atoms with Crippen LogP contribution in [0.25, 0.3) is 33.3 Å². The molecule has 3 aromatic heterocycles. The first kappa shape index (κ1) is 19.2. The maximum Gasteiger partial charge on any atom is 0.229 e. The fourth-order valence-electron chi connectivity index (χ4n) is 3.68. The fourth-order valence-corrected chi connectivity index (χ4v) is 3.68. The lowest BCUT2D eigenvalue weighted by Gasteiger charge is -2.10. The van der Waals surface area contributed by atoms with Gasteiger partial charge in [-0.1, -0.05) is 0 Å². The van der Waals surface area contributed by atoms with Gasteiger partial charge in [0.1, 0.15) is 22.9 Å². The van der Waals surface area contributed by atoms with E-state index in [4.69, 9.17) is 9.15 Å². The number of hydrogen-bond donors (Lipinski definition) is 2. The number of methoxy groups -OCH3 is 1. The highest BCUT2D eigenvalue weighted by molar-refractivity contribution is 6.03. The lowest BCUT2D eigenvalue weighted by atomic mass is 10.1. The number of anilines is 2. The zero-order valence-corrected chi connectivity index (χ0v) is 17.0. The molecule has 1 aliphatic rings. The molecule has 0 aliphatic heterocycles. The topological polar surface area (TPSA) is 102 Å². The number of benzene rings is 1. The van der Waals surface area contributed by atoms with Crippen LogP contribution in [0.1, 0.15) is 6.42 Å². The number of ether oxygens (including phenoxy) is 1. The van der Waals surface area contributed by atoms with Gasteiger partial charge in [-0.3, -0.25) is 9.18 Å². The molecular formula is C22H20FN5O3. The summed E-state index contributed by atoms with van der Waals surface area (Å²) in [5.74, 6) is 1.41. The molecule has 9 heteroatoms. The average molecular weight is 421 g/mol. The summed E-state index contributed by atoms with van der Waals surface area (Å²) in [6.45, 7) is -0.479. The van der Waals surface area contributed by atoms with E-state index in [0.29, 0.717) is 46.4 Å². The number of alkyl halides is 1. The Labute approximate surface area is 176 Å². The highest BCUT2D eigenvalue weighted by Crippen LogP contribution is 2.40. The van der Waals surface area contributed by atoms with E-state index in [9.17, 15) is 9.18 Å². The van der Waals surface area contributed by atoms with Crippen molar-refractivity contribution in [2.24, 2.45) is 11.8 Å². The van der Waals surface area contributed by atoms with Crippen LogP contribution in [0.4, 0.5) is 16.0 Å². The minimum absolute atomic E-state index is 0.187. The van der Waals surface area contributed by atoms with Crippen molar-refractivity contribution in [3.8, 4) is 17.2 Å². The van der Waals surface area contributed by atoms with Crippen molar-refractivity contribution in [2.75, 3.05) is 31.5 Å². The smallest absolute Gasteiger partial charge is 0.229 e. The highest BCUT2D eigenvalue weighted by Gasteiger charge is 2.43. The van der Waals surface area contributed by atoms with Crippen LogP contribution in [0, 0.1) is 11.8 Å². The maximum absolute atomic E-state index is 12.8. The second kappa shape index (κ2) is 7.50. The molecule has 1 aliphatic carbocycles. The minimum atomic E-state index is -0.479. The molecule has 0 bridgehead atoms. The summed E-state index contributed by atoms with van der Waals surface area (Å²) in [6.07, 6.45) is 3.88. The van der Waals surface area contributed by atoms with Gasteiger partial charge in [0.25, 0.3) is 0 Å². The van der Waals surface area contributed by atoms with E-state index >= 15 is 0 Å². The Morgan fingerprint density at radius 2 is 2.13 bits per heavy atom. The standard InChI is InChI=1S/C22H20FN5O3/c1-24-20-15-9-25-19(28-21(29)13-5-11(13)8-23)7-14(15)16(10-26-20)22-27-17-6-12(30-2)3-4-18(17)31-22/h3-4,6-7,9-11,13H,5,8H2,1-2H3,(H,24,26)(H,25,28,29)/t11-,13-/m0/s1. The Balaban J connectivity index is 1.58. The van der Waals surface area contributed by atoms with Crippen LogP contribution in [-0.4, -0.2) is 41.7 Å². The number of carbonyl (C=O) groups excluding carboxylic acids is 1. The summed E-state index contributed by atoms with van der Waals surface area (Å²) in [6, 6.07) is 7.15. The van der Waals surface area contributed by atoms with Gasteiger partial charge in [0.15, 0.2) is 5.58 Å². The van der Waals surface area contributed by atoms with Crippen LogP contribution in [-0.2, 0) is 4.79 Å². The molecule has 0 spiro atoms. The molecule has 3 heterocycles. The molecule has 1 aromatic carbocycles. The molecule has 2 N–H and O–H groups in total. The molecule has 1 fully saturated rings. The molecule has 158 valence electrons. The van der Waals surface area contributed by atoms with E-state index in [2.05, 4.69) is 25.6 Å². The number of rotatable bonds is 6. The SMILES string of the molecule is CNc1ncc(-c2nc3cc(OC)ccc3o2)c2cc(NC(=O)[C@H]3C[C@H]3CF)ncc12. The predicted octanol–water partition coefficient (Wildman–Crippen LogP) is 4.03. The van der Waals surface area contributed by atoms with Crippen LogP contribution >= 0.6 is 0 Å². The number of nitrogens with zero attached hydrogens (tertiary/aromatic N) is 3. The van der Waals surface area contributed by atoms with Crippen LogP contribution in [0.5, 0.6) is 5.75 Å². The van der Waals surface area contributed by atoms with Crippen LogP contribution in [0.15, 0.2) is 41.1 Å². The van der Waals surface area contributed by atoms with Gasteiger partial charge in [0, 0.05) is 42.2 Å². The summed E-state index contributed by atoms with van der Waals surface area (Å²) in [4.78, 5) is 25.7. The van der Waals surface area contributed by atoms with E-state index in [1.165, 1.54) is 0 Å². The van der Waals surface area contributed by atoms with E-state index in [1.807, 2.05) is 0 Å². The van der Waals surface area contributed by atoms with Crippen LogP contribution in [0.3, 0.4) is 0 Å². The molecule has 2 atom stereocenters. The number of nitrogens with one attached hydrogen (secondary N) is 2. The maximum atomic E-state index is 12.8.